The lowest BCUT2D eigenvalue weighted by Crippen LogP contribution is -1.97. The lowest BCUT2D eigenvalue weighted by atomic mass is 10.2. The molecule has 0 N–H and O–H groups in total. The first-order valence-electron chi connectivity index (χ1n) is 10.2. The Labute approximate surface area is 181 Å². The molecule has 0 saturated heterocycles. The summed E-state index contributed by atoms with van der Waals surface area (Å²) in [5.41, 5.74) is 5.26. The second-order valence-corrected chi connectivity index (χ2v) is 7.40. The summed E-state index contributed by atoms with van der Waals surface area (Å²) >= 11 is 0. The zero-order valence-electron chi connectivity index (χ0n) is 17.4. The molecule has 31 heavy (non-hydrogen) atoms. The van der Waals surface area contributed by atoms with E-state index in [9.17, 15) is 0 Å². The van der Waals surface area contributed by atoms with Gasteiger partial charge in [0.2, 0.25) is 0 Å². The number of ether oxygens (including phenoxy) is 2. The summed E-state index contributed by atoms with van der Waals surface area (Å²) in [7, 11) is 1.65. The first-order valence-corrected chi connectivity index (χ1v) is 10.2. The van der Waals surface area contributed by atoms with Gasteiger partial charge in [-0.2, -0.15) is 0 Å². The number of hydrogen-bond acceptors (Lipinski definition) is 3. The van der Waals surface area contributed by atoms with E-state index in [4.69, 9.17) is 14.5 Å². The molecule has 4 aromatic carbocycles. The lowest BCUT2D eigenvalue weighted by Gasteiger charge is -2.11. The van der Waals surface area contributed by atoms with Gasteiger partial charge in [0.05, 0.1) is 18.1 Å². The average molecular weight is 406 g/mol. The third-order valence-corrected chi connectivity index (χ3v) is 5.25. The van der Waals surface area contributed by atoms with E-state index in [2.05, 4.69) is 47.9 Å². The molecule has 0 radical (unpaired) electrons. The largest absolute Gasteiger partial charge is 0.497 e. The second-order valence-electron chi connectivity index (χ2n) is 7.40. The lowest BCUT2D eigenvalue weighted by molar-refractivity contribution is 0.413. The van der Waals surface area contributed by atoms with Gasteiger partial charge >= 0.3 is 0 Å². The molecule has 152 valence electrons. The van der Waals surface area contributed by atoms with Crippen LogP contribution in [0, 0.1) is 6.92 Å². The molecular weight excluding hydrogens is 384 g/mol. The monoisotopic (exact) mass is 406 g/mol. The number of methoxy groups -OCH3 is 1. The highest BCUT2D eigenvalue weighted by atomic mass is 16.5. The van der Waals surface area contributed by atoms with Crippen molar-refractivity contribution in [3.63, 3.8) is 0 Å². The average Bonchev–Trinajstić information content (AvgIpc) is 3.19. The number of benzene rings is 4. The minimum Gasteiger partial charge on any atom is -0.497 e. The summed E-state index contributed by atoms with van der Waals surface area (Å²) in [6.07, 6.45) is 0. The van der Waals surface area contributed by atoms with Gasteiger partial charge in [0.1, 0.15) is 23.1 Å². The molecule has 4 heteroatoms. The first kappa shape index (κ1) is 18.9. The van der Waals surface area contributed by atoms with E-state index < -0.39 is 0 Å². The topological polar surface area (TPSA) is 36.3 Å². The molecule has 0 amide bonds. The van der Waals surface area contributed by atoms with Crippen molar-refractivity contribution in [1.29, 1.82) is 0 Å². The minimum atomic E-state index is 0.754. The highest BCUT2D eigenvalue weighted by Crippen LogP contribution is 2.32. The number of imidazole rings is 1. The Balaban J connectivity index is 1.64. The molecule has 1 aromatic heterocycles. The van der Waals surface area contributed by atoms with Crippen LogP contribution in [0.1, 0.15) is 5.56 Å². The van der Waals surface area contributed by atoms with Crippen LogP contribution in [0.3, 0.4) is 0 Å². The van der Waals surface area contributed by atoms with E-state index in [1.165, 1.54) is 5.56 Å². The number of nitrogens with zero attached hydrogens (tertiary/aromatic N) is 2. The molecular formula is C27H22N2O2. The Hall–Kier alpha value is -4.05. The van der Waals surface area contributed by atoms with Crippen molar-refractivity contribution in [2.75, 3.05) is 7.11 Å². The summed E-state index contributed by atoms with van der Waals surface area (Å²) in [6, 6.07) is 32.3. The Bertz CT molecular complexity index is 1320. The van der Waals surface area contributed by atoms with Crippen LogP contribution in [0.15, 0.2) is 97.1 Å². The van der Waals surface area contributed by atoms with Gasteiger partial charge < -0.3 is 9.47 Å². The molecule has 0 atom stereocenters. The second kappa shape index (κ2) is 8.00. The predicted molar refractivity (Wildman–Crippen MR) is 124 cm³/mol. The summed E-state index contributed by atoms with van der Waals surface area (Å²) in [5.74, 6) is 3.21. The normalized spacial score (nSPS) is 10.9. The molecule has 0 aliphatic carbocycles. The zero-order chi connectivity index (χ0) is 21.2. The van der Waals surface area contributed by atoms with E-state index in [1.54, 1.807) is 7.11 Å². The van der Waals surface area contributed by atoms with Crippen molar-refractivity contribution < 1.29 is 9.47 Å². The molecule has 4 nitrogen and oxygen atoms in total. The number of rotatable bonds is 5. The quantitative estimate of drug-likeness (QED) is 0.322. The molecule has 0 aliphatic rings. The van der Waals surface area contributed by atoms with Crippen molar-refractivity contribution in [2.24, 2.45) is 0 Å². The maximum atomic E-state index is 6.11. The van der Waals surface area contributed by atoms with E-state index in [0.717, 1.165) is 45.4 Å². The minimum absolute atomic E-state index is 0.754. The molecule has 5 rings (SSSR count). The van der Waals surface area contributed by atoms with Crippen LogP contribution in [0.5, 0.6) is 17.2 Å². The van der Waals surface area contributed by atoms with Gasteiger partial charge in [0.15, 0.2) is 0 Å². The van der Waals surface area contributed by atoms with Crippen LogP contribution in [0.2, 0.25) is 0 Å². The Morgan fingerprint density at radius 2 is 1.39 bits per heavy atom. The molecule has 0 spiro atoms. The van der Waals surface area contributed by atoms with E-state index in [-0.39, 0.29) is 0 Å². The first-order chi connectivity index (χ1) is 15.2. The third-order valence-electron chi connectivity index (χ3n) is 5.25. The van der Waals surface area contributed by atoms with Gasteiger partial charge in [-0.1, -0.05) is 48.0 Å². The van der Waals surface area contributed by atoms with Crippen molar-refractivity contribution in [1.82, 2.24) is 9.55 Å². The van der Waals surface area contributed by atoms with Crippen LogP contribution < -0.4 is 9.47 Å². The van der Waals surface area contributed by atoms with Gasteiger partial charge in [0.25, 0.3) is 0 Å². The van der Waals surface area contributed by atoms with Crippen LogP contribution in [-0.4, -0.2) is 16.7 Å². The van der Waals surface area contributed by atoms with Crippen LogP contribution in [0.25, 0.3) is 28.1 Å². The molecule has 0 aliphatic heterocycles. The number of aryl methyl sites for hydroxylation is 1. The highest BCUT2D eigenvalue weighted by Gasteiger charge is 2.15. The van der Waals surface area contributed by atoms with E-state index in [0.29, 0.717) is 0 Å². The molecule has 1 heterocycles. The highest BCUT2D eigenvalue weighted by molar-refractivity contribution is 5.84. The Kier molecular flexibility index (Phi) is 4.89. The summed E-state index contributed by atoms with van der Waals surface area (Å²) in [6.45, 7) is 2.09. The van der Waals surface area contributed by atoms with Gasteiger partial charge in [-0.3, -0.25) is 4.57 Å². The van der Waals surface area contributed by atoms with Crippen LogP contribution in [-0.2, 0) is 0 Å². The van der Waals surface area contributed by atoms with Crippen molar-refractivity contribution >= 4 is 11.0 Å². The smallest absolute Gasteiger partial charge is 0.145 e. The van der Waals surface area contributed by atoms with Gasteiger partial charge in [-0.15, -0.1) is 0 Å². The fraction of sp³-hybridized carbons (Fsp3) is 0.0741. The van der Waals surface area contributed by atoms with Crippen LogP contribution >= 0.6 is 0 Å². The maximum Gasteiger partial charge on any atom is 0.145 e. The molecule has 0 unspecified atom stereocenters. The maximum absolute atomic E-state index is 6.11. The van der Waals surface area contributed by atoms with Gasteiger partial charge in [0, 0.05) is 17.3 Å². The number of fused-ring (bicyclic) bond motifs is 1. The molecule has 0 bridgehead atoms. The molecule has 5 aromatic rings. The third kappa shape index (κ3) is 3.76. The Morgan fingerprint density at radius 1 is 0.710 bits per heavy atom. The van der Waals surface area contributed by atoms with Crippen molar-refractivity contribution in [3.05, 3.63) is 103 Å². The van der Waals surface area contributed by atoms with Crippen molar-refractivity contribution in [3.8, 4) is 34.3 Å². The Morgan fingerprint density at radius 3 is 2.10 bits per heavy atom. The predicted octanol–water partition coefficient (Wildman–Crippen LogP) is 6.80. The van der Waals surface area contributed by atoms with E-state index in [1.807, 2.05) is 60.7 Å². The van der Waals surface area contributed by atoms with Crippen LogP contribution in [0.4, 0.5) is 0 Å². The van der Waals surface area contributed by atoms with Gasteiger partial charge in [-0.05, 0) is 55.5 Å². The summed E-state index contributed by atoms with van der Waals surface area (Å²) < 4.78 is 13.5. The summed E-state index contributed by atoms with van der Waals surface area (Å²) in [4.78, 5) is 4.94. The van der Waals surface area contributed by atoms with Crippen molar-refractivity contribution in [2.45, 2.75) is 6.92 Å². The molecule has 0 saturated carbocycles. The fourth-order valence-electron chi connectivity index (χ4n) is 3.63. The van der Waals surface area contributed by atoms with Gasteiger partial charge in [-0.25, -0.2) is 4.98 Å². The summed E-state index contributed by atoms with van der Waals surface area (Å²) in [5, 5.41) is 0. The molecule has 0 fully saturated rings. The standard InChI is InChI=1S/C27H22N2O2/c1-19-8-10-21(11-9-19)29-26-18-24(31-23-14-12-22(30-2)13-15-23)16-17-25(26)28-27(29)20-6-4-3-5-7-20/h3-18H,1-2H3. The fourth-order valence-corrected chi connectivity index (χ4v) is 3.63. The number of hydrogen-bond donors (Lipinski definition) is 0. The number of aromatic nitrogens is 2. The zero-order valence-corrected chi connectivity index (χ0v) is 17.4. The SMILES string of the molecule is COc1ccc(Oc2ccc3nc(-c4ccccc4)n(-c4ccc(C)cc4)c3c2)cc1. The van der Waals surface area contributed by atoms with E-state index >= 15 is 0 Å².